The van der Waals surface area contributed by atoms with Crippen LogP contribution in [-0.4, -0.2) is 11.7 Å². The number of carbonyl (C=O) groups is 1. The Morgan fingerprint density at radius 3 is 2.64 bits per heavy atom. The van der Waals surface area contributed by atoms with Gasteiger partial charge in [-0.05, 0) is 32.4 Å². The van der Waals surface area contributed by atoms with Gasteiger partial charge in [-0.25, -0.2) is 4.79 Å². The summed E-state index contributed by atoms with van der Waals surface area (Å²) in [6.07, 6.45) is 0.829. The molecule has 0 aliphatic rings. The molecule has 0 radical (unpaired) electrons. The number of hydrogen-bond donors (Lipinski definition) is 1. The molecule has 0 aromatic carbocycles. The highest BCUT2D eigenvalue weighted by atomic mass is 35.5. The van der Waals surface area contributed by atoms with E-state index in [1.807, 2.05) is 0 Å². The van der Waals surface area contributed by atoms with Gasteiger partial charge >= 0.3 is 6.09 Å². The fourth-order valence-electron chi connectivity index (χ4n) is 0.795. The van der Waals surface area contributed by atoms with Crippen molar-refractivity contribution in [1.29, 1.82) is 0 Å². The van der Waals surface area contributed by atoms with E-state index in [9.17, 15) is 4.79 Å². The van der Waals surface area contributed by atoms with Crippen LogP contribution in [0, 0.1) is 0 Å². The number of furan rings is 1. The summed E-state index contributed by atoms with van der Waals surface area (Å²) in [7, 11) is 0. The molecule has 0 saturated carbocycles. The Bertz CT molecular complexity index is 327. The van der Waals surface area contributed by atoms with Gasteiger partial charge in [0.2, 0.25) is 5.22 Å². The number of nitrogens with one attached hydrogen (secondary N) is 1. The summed E-state index contributed by atoms with van der Waals surface area (Å²) in [5.41, 5.74) is -0.124. The van der Waals surface area contributed by atoms with Gasteiger partial charge in [0.25, 0.3) is 0 Å². The maximum absolute atomic E-state index is 11.2. The third kappa shape index (κ3) is 3.30. The van der Waals surface area contributed by atoms with Gasteiger partial charge < -0.3 is 9.15 Å². The van der Waals surface area contributed by atoms with E-state index >= 15 is 0 Å². The molecule has 0 bridgehead atoms. The number of halogens is 1. The van der Waals surface area contributed by atoms with Crippen LogP contribution in [0.5, 0.6) is 0 Å². The van der Waals surface area contributed by atoms with Crippen molar-refractivity contribution < 1.29 is 13.9 Å². The summed E-state index contributed by atoms with van der Waals surface area (Å²) in [5.74, 6) is 0. The maximum Gasteiger partial charge on any atom is 0.412 e. The second kappa shape index (κ2) is 3.92. The van der Waals surface area contributed by atoms with E-state index in [1.165, 1.54) is 6.26 Å². The van der Waals surface area contributed by atoms with Gasteiger partial charge in [0.15, 0.2) is 0 Å². The van der Waals surface area contributed by atoms with Gasteiger partial charge in [-0.1, -0.05) is 0 Å². The van der Waals surface area contributed by atoms with Crippen molar-refractivity contribution in [2.75, 3.05) is 5.32 Å². The minimum atomic E-state index is -0.555. The highest BCUT2D eigenvalue weighted by molar-refractivity contribution is 6.31. The SMILES string of the molecule is CC(C)(C)OC(=O)Nc1ccoc1Cl. The van der Waals surface area contributed by atoms with E-state index in [4.69, 9.17) is 20.8 Å². The summed E-state index contributed by atoms with van der Waals surface area (Å²) in [6, 6.07) is 1.55. The van der Waals surface area contributed by atoms with E-state index in [2.05, 4.69) is 5.32 Å². The monoisotopic (exact) mass is 217 g/mol. The van der Waals surface area contributed by atoms with Crippen LogP contribution in [0.25, 0.3) is 0 Å². The van der Waals surface area contributed by atoms with E-state index in [-0.39, 0.29) is 5.22 Å². The Morgan fingerprint density at radius 2 is 2.21 bits per heavy atom. The van der Waals surface area contributed by atoms with Crippen molar-refractivity contribution in [3.8, 4) is 0 Å². The predicted molar refractivity (Wildman–Crippen MR) is 53.6 cm³/mol. The molecule has 4 nitrogen and oxygen atoms in total. The minimum absolute atomic E-state index is 0.135. The van der Waals surface area contributed by atoms with E-state index in [1.54, 1.807) is 26.8 Å². The van der Waals surface area contributed by atoms with Crippen LogP contribution in [0.15, 0.2) is 16.7 Å². The number of hydrogen-bond acceptors (Lipinski definition) is 3. The molecule has 5 heteroatoms. The molecule has 0 saturated heterocycles. The van der Waals surface area contributed by atoms with Crippen molar-refractivity contribution in [3.05, 3.63) is 17.5 Å². The molecule has 1 N–H and O–H groups in total. The molecule has 0 fully saturated rings. The number of rotatable bonds is 1. The summed E-state index contributed by atoms with van der Waals surface area (Å²) in [6.45, 7) is 5.34. The van der Waals surface area contributed by atoms with Gasteiger partial charge in [-0.2, -0.15) is 0 Å². The van der Waals surface area contributed by atoms with Gasteiger partial charge in [0.1, 0.15) is 11.3 Å². The second-order valence-corrected chi connectivity index (χ2v) is 4.08. The maximum atomic E-state index is 11.2. The van der Waals surface area contributed by atoms with Crippen molar-refractivity contribution in [2.24, 2.45) is 0 Å². The zero-order chi connectivity index (χ0) is 10.8. The van der Waals surface area contributed by atoms with E-state index in [0.29, 0.717) is 5.69 Å². The molecular weight excluding hydrogens is 206 g/mol. The molecule has 1 rings (SSSR count). The third-order valence-corrected chi connectivity index (χ3v) is 1.55. The molecule has 0 spiro atoms. The number of amides is 1. The number of anilines is 1. The van der Waals surface area contributed by atoms with Gasteiger partial charge in [0, 0.05) is 6.07 Å². The molecule has 1 heterocycles. The average molecular weight is 218 g/mol. The first-order valence-corrected chi connectivity index (χ1v) is 4.49. The second-order valence-electron chi connectivity index (χ2n) is 3.73. The Kier molecular flexibility index (Phi) is 3.06. The molecule has 0 atom stereocenters. The molecule has 0 unspecified atom stereocenters. The standard InChI is InChI=1S/C9H12ClNO3/c1-9(2,3)14-8(12)11-6-4-5-13-7(6)10/h4-5H,1-3H3,(H,11,12). The molecule has 1 amide bonds. The Morgan fingerprint density at radius 1 is 1.57 bits per heavy atom. The summed E-state index contributed by atoms with van der Waals surface area (Å²) < 4.78 is 9.81. The summed E-state index contributed by atoms with van der Waals surface area (Å²) in [4.78, 5) is 11.2. The fourth-order valence-corrected chi connectivity index (χ4v) is 0.957. The number of ether oxygens (including phenoxy) is 1. The zero-order valence-corrected chi connectivity index (χ0v) is 9.01. The van der Waals surface area contributed by atoms with Crippen molar-refractivity contribution >= 4 is 23.4 Å². The normalized spacial score (nSPS) is 11.1. The first kappa shape index (κ1) is 10.9. The lowest BCUT2D eigenvalue weighted by molar-refractivity contribution is 0.0636. The van der Waals surface area contributed by atoms with E-state index in [0.717, 1.165) is 0 Å². The number of carbonyl (C=O) groups excluding carboxylic acids is 1. The lowest BCUT2D eigenvalue weighted by Gasteiger charge is -2.19. The van der Waals surface area contributed by atoms with Gasteiger partial charge in [-0.15, -0.1) is 0 Å². The van der Waals surface area contributed by atoms with Crippen LogP contribution in [0.3, 0.4) is 0 Å². The molecule has 0 aliphatic heterocycles. The quantitative estimate of drug-likeness (QED) is 0.786. The topological polar surface area (TPSA) is 51.5 Å². The summed E-state index contributed by atoms with van der Waals surface area (Å²) in [5, 5.41) is 2.59. The smallest absolute Gasteiger partial charge is 0.412 e. The van der Waals surface area contributed by atoms with Crippen molar-refractivity contribution in [2.45, 2.75) is 26.4 Å². The van der Waals surface area contributed by atoms with Crippen LogP contribution in [0.2, 0.25) is 5.22 Å². The fraction of sp³-hybridized carbons (Fsp3) is 0.444. The lowest BCUT2D eigenvalue weighted by Crippen LogP contribution is -2.27. The largest absolute Gasteiger partial charge is 0.451 e. The van der Waals surface area contributed by atoms with Crippen LogP contribution in [-0.2, 0) is 4.74 Å². The van der Waals surface area contributed by atoms with Crippen molar-refractivity contribution in [3.63, 3.8) is 0 Å². The van der Waals surface area contributed by atoms with Gasteiger partial charge in [0.05, 0.1) is 6.26 Å². The predicted octanol–water partition coefficient (Wildman–Crippen LogP) is 3.28. The van der Waals surface area contributed by atoms with Crippen LogP contribution in [0.1, 0.15) is 20.8 Å². The van der Waals surface area contributed by atoms with Crippen LogP contribution >= 0.6 is 11.6 Å². The highest BCUT2D eigenvalue weighted by Gasteiger charge is 2.17. The lowest BCUT2D eigenvalue weighted by atomic mass is 10.2. The Labute approximate surface area is 87.2 Å². The average Bonchev–Trinajstić information content (AvgIpc) is 2.32. The zero-order valence-electron chi connectivity index (χ0n) is 8.26. The molecule has 78 valence electrons. The van der Waals surface area contributed by atoms with Crippen molar-refractivity contribution in [1.82, 2.24) is 0 Å². The van der Waals surface area contributed by atoms with Crippen LogP contribution < -0.4 is 5.32 Å². The molecule has 1 aromatic heterocycles. The first-order valence-electron chi connectivity index (χ1n) is 4.11. The first-order chi connectivity index (χ1) is 6.38. The van der Waals surface area contributed by atoms with Gasteiger partial charge in [-0.3, -0.25) is 5.32 Å². The minimum Gasteiger partial charge on any atom is -0.451 e. The molecule has 0 aliphatic carbocycles. The van der Waals surface area contributed by atoms with Crippen LogP contribution in [0.4, 0.5) is 10.5 Å². The molecule has 14 heavy (non-hydrogen) atoms. The Balaban J connectivity index is 2.54. The van der Waals surface area contributed by atoms with E-state index < -0.39 is 11.7 Å². The molecule has 1 aromatic rings. The third-order valence-electron chi connectivity index (χ3n) is 1.25. The Hall–Kier alpha value is -1.16. The highest BCUT2D eigenvalue weighted by Crippen LogP contribution is 2.22. The summed E-state index contributed by atoms with van der Waals surface area (Å²) >= 11 is 5.62. The molecular formula is C9H12ClNO3.